The van der Waals surface area contributed by atoms with E-state index in [9.17, 15) is 20.0 Å². The number of rotatable bonds is 6. The van der Waals surface area contributed by atoms with E-state index in [0.29, 0.717) is 17.0 Å². The number of aromatic amines is 1. The Balaban J connectivity index is 1.42. The van der Waals surface area contributed by atoms with Crippen LogP contribution >= 0.6 is 0 Å². The van der Waals surface area contributed by atoms with Crippen LogP contribution in [0.2, 0.25) is 0 Å². The number of carbonyl (C=O) groups excluding carboxylic acids is 1. The molecule has 0 saturated carbocycles. The number of carboxylic acid groups (broad SMARTS) is 1. The van der Waals surface area contributed by atoms with Crippen molar-refractivity contribution in [2.75, 3.05) is 0 Å². The van der Waals surface area contributed by atoms with Gasteiger partial charge in [0.2, 0.25) is 0 Å². The average molecular weight is 505 g/mol. The predicted octanol–water partition coefficient (Wildman–Crippen LogP) is 5.26. The average Bonchev–Trinajstić information content (AvgIpc) is 3.45. The van der Waals surface area contributed by atoms with E-state index in [1.54, 1.807) is 18.2 Å². The quantitative estimate of drug-likeness (QED) is 0.250. The van der Waals surface area contributed by atoms with E-state index in [4.69, 9.17) is 4.74 Å². The summed E-state index contributed by atoms with van der Waals surface area (Å²) >= 11 is 0. The van der Waals surface area contributed by atoms with Gasteiger partial charge in [-0.1, -0.05) is 30.3 Å². The Kier molecular flexibility index (Phi) is 5.27. The highest BCUT2D eigenvalue weighted by molar-refractivity contribution is 6.41. The van der Waals surface area contributed by atoms with Gasteiger partial charge in [-0.3, -0.25) is 10.1 Å². The summed E-state index contributed by atoms with van der Waals surface area (Å²) in [4.78, 5) is 30.9. The number of aryl methyl sites for hydroxylation is 1. The minimum Gasteiger partial charge on any atom is -0.543 e. The Bertz CT molecular complexity index is 1800. The van der Waals surface area contributed by atoms with Gasteiger partial charge < -0.3 is 19.6 Å². The lowest BCUT2D eigenvalue weighted by Crippen LogP contribution is -2.44. The van der Waals surface area contributed by atoms with Crippen LogP contribution in [0.5, 0.6) is 5.75 Å². The van der Waals surface area contributed by atoms with Crippen molar-refractivity contribution < 1.29 is 19.6 Å². The summed E-state index contributed by atoms with van der Waals surface area (Å²) in [6, 6.07) is 23.4. The number of hydrogen-bond acceptors (Lipinski definition) is 6. The Hall–Kier alpha value is -4.98. The van der Waals surface area contributed by atoms with Crippen LogP contribution < -0.4 is 9.84 Å². The summed E-state index contributed by atoms with van der Waals surface area (Å²) in [6.07, 6.45) is 0. The number of nitro groups is 1. The van der Waals surface area contributed by atoms with Gasteiger partial charge in [-0.05, 0) is 72.5 Å². The molecule has 0 saturated heterocycles. The zero-order valence-corrected chi connectivity index (χ0v) is 20.6. The monoisotopic (exact) mass is 504 g/mol. The molecule has 1 unspecified atom stereocenters. The van der Waals surface area contributed by atoms with E-state index in [-0.39, 0.29) is 18.0 Å². The first-order valence-corrected chi connectivity index (χ1v) is 12.1. The number of ether oxygens (including phenoxy) is 1. The highest BCUT2D eigenvalue weighted by Crippen LogP contribution is 2.49. The minimum absolute atomic E-state index is 0.0112. The molecule has 1 aromatic heterocycles. The SMILES string of the molecule is Cc1c2c(cc3c1[nH]c1ccccc13)N=C(C(=O)[O-])C2(C)c1cccc(OCc2ccc([N+](=O)[O-])cc2)c1. The summed E-state index contributed by atoms with van der Waals surface area (Å²) in [5, 5.41) is 25.3. The first kappa shape index (κ1) is 23.4. The first-order chi connectivity index (χ1) is 18.3. The maximum atomic E-state index is 12.4. The lowest BCUT2D eigenvalue weighted by atomic mass is 9.71. The summed E-state index contributed by atoms with van der Waals surface area (Å²) in [7, 11) is 0. The number of fused-ring (bicyclic) bond motifs is 4. The van der Waals surface area contributed by atoms with Gasteiger partial charge in [-0.25, -0.2) is 4.99 Å². The number of aliphatic carboxylic acids is 1. The van der Waals surface area contributed by atoms with E-state index in [2.05, 4.69) is 9.98 Å². The molecule has 38 heavy (non-hydrogen) atoms. The van der Waals surface area contributed by atoms with E-state index in [1.165, 1.54) is 12.1 Å². The number of para-hydroxylation sites is 1. The number of nitrogens with zero attached hydrogens (tertiary/aromatic N) is 2. The van der Waals surface area contributed by atoms with Crippen molar-refractivity contribution in [3.8, 4) is 5.75 Å². The first-order valence-electron chi connectivity index (χ1n) is 12.1. The van der Waals surface area contributed by atoms with Crippen LogP contribution in [-0.4, -0.2) is 21.6 Å². The molecule has 0 amide bonds. The third kappa shape index (κ3) is 3.53. The molecule has 0 radical (unpaired) electrons. The second kappa shape index (κ2) is 8.55. The predicted molar refractivity (Wildman–Crippen MR) is 143 cm³/mol. The molecule has 188 valence electrons. The van der Waals surface area contributed by atoms with Crippen molar-refractivity contribution in [2.45, 2.75) is 25.9 Å². The Morgan fingerprint density at radius 2 is 1.79 bits per heavy atom. The molecule has 0 aliphatic carbocycles. The van der Waals surface area contributed by atoms with Crippen molar-refractivity contribution >= 4 is 44.9 Å². The van der Waals surface area contributed by atoms with Crippen LogP contribution in [-0.2, 0) is 16.8 Å². The van der Waals surface area contributed by atoms with Gasteiger partial charge >= 0.3 is 0 Å². The number of aromatic nitrogens is 1. The lowest BCUT2D eigenvalue weighted by molar-refractivity contribution is -0.384. The van der Waals surface area contributed by atoms with E-state index < -0.39 is 16.3 Å². The number of nitrogens with one attached hydrogen (secondary N) is 1. The van der Waals surface area contributed by atoms with Crippen LogP contribution in [0.4, 0.5) is 11.4 Å². The molecule has 6 rings (SSSR count). The van der Waals surface area contributed by atoms with Crippen LogP contribution in [0, 0.1) is 17.0 Å². The molecule has 1 atom stereocenters. The van der Waals surface area contributed by atoms with E-state index in [1.807, 2.05) is 62.4 Å². The zero-order valence-electron chi connectivity index (χ0n) is 20.6. The van der Waals surface area contributed by atoms with Gasteiger partial charge in [0.05, 0.1) is 27.7 Å². The molecule has 8 nitrogen and oxygen atoms in total. The molecule has 1 aliphatic heterocycles. The zero-order chi connectivity index (χ0) is 26.6. The molecule has 0 spiro atoms. The summed E-state index contributed by atoms with van der Waals surface area (Å²) in [6.45, 7) is 4.03. The largest absolute Gasteiger partial charge is 0.543 e. The second-order valence-electron chi connectivity index (χ2n) is 9.60. The normalized spacial score (nSPS) is 16.4. The van der Waals surface area contributed by atoms with Crippen molar-refractivity contribution in [3.05, 3.63) is 111 Å². The molecule has 5 aromatic rings. The van der Waals surface area contributed by atoms with Gasteiger partial charge in [0.1, 0.15) is 12.4 Å². The minimum atomic E-state index is -1.33. The maximum absolute atomic E-state index is 12.4. The number of nitro benzene ring substituents is 1. The van der Waals surface area contributed by atoms with Crippen LogP contribution in [0.3, 0.4) is 0 Å². The van der Waals surface area contributed by atoms with Crippen LogP contribution in [0.15, 0.2) is 83.9 Å². The molecule has 2 heterocycles. The molecule has 4 aromatic carbocycles. The molecular formula is C30H22N3O5-. The summed E-state index contributed by atoms with van der Waals surface area (Å²) < 4.78 is 5.98. The number of hydrogen-bond donors (Lipinski definition) is 1. The van der Waals surface area contributed by atoms with Gasteiger partial charge in [-0.2, -0.15) is 0 Å². The van der Waals surface area contributed by atoms with Crippen LogP contribution in [0.1, 0.15) is 29.2 Å². The fourth-order valence-electron chi connectivity index (χ4n) is 5.51. The Morgan fingerprint density at radius 3 is 2.53 bits per heavy atom. The number of carbonyl (C=O) groups is 1. The smallest absolute Gasteiger partial charge is 0.269 e. The van der Waals surface area contributed by atoms with Crippen molar-refractivity contribution in [2.24, 2.45) is 4.99 Å². The van der Waals surface area contributed by atoms with Crippen molar-refractivity contribution in [1.29, 1.82) is 0 Å². The topological polar surface area (TPSA) is 121 Å². The summed E-state index contributed by atoms with van der Waals surface area (Å²) in [5.74, 6) is -0.786. The fourth-order valence-corrected chi connectivity index (χ4v) is 5.51. The van der Waals surface area contributed by atoms with Gasteiger partial charge in [-0.15, -0.1) is 0 Å². The van der Waals surface area contributed by atoms with Gasteiger partial charge in [0, 0.05) is 33.9 Å². The molecule has 0 fully saturated rings. The molecular weight excluding hydrogens is 482 g/mol. The molecule has 1 N–H and O–H groups in total. The number of H-pyrrole nitrogens is 1. The summed E-state index contributed by atoms with van der Waals surface area (Å²) in [5.41, 5.74) is 4.65. The van der Waals surface area contributed by atoms with E-state index in [0.717, 1.165) is 38.5 Å². The third-order valence-electron chi connectivity index (χ3n) is 7.40. The Morgan fingerprint density at radius 1 is 1.03 bits per heavy atom. The lowest BCUT2D eigenvalue weighted by Gasteiger charge is -2.30. The fraction of sp³-hybridized carbons (Fsp3) is 0.133. The van der Waals surface area contributed by atoms with Gasteiger partial charge in [0.15, 0.2) is 0 Å². The second-order valence-corrected chi connectivity index (χ2v) is 9.60. The van der Waals surface area contributed by atoms with E-state index >= 15 is 0 Å². The number of carboxylic acids is 1. The van der Waals surface area contributed by atoms with Crippen LogP contribution in [0.25, 0.3) is 21.8 Å². The van der Waals surface area contributed by atoms with Crippen molar-refractivity contribution in [1.82, 2.24) is 4.98 Å². The highest BCUT2D eigenvalue weighted by atomic mass is 16.6. The number of aliphatic imine (C=N–C) groups is 1. The Labute approximate surface area is 217 Å². The molecule has 0 bridgehead atoms. The molecule has 1 aliphatic rings. The standard InChI is InChI=1S/C30H23N3O5/c1-17-26-25(15-23-22-8-3-4-9-24(22)31-27(17)23)32-28(29(34)35)30(26,2)19-6-5-7-21(14-19)38-16-18-10-12-20(13-11-18)33(36)37/h3-15,31H,16H2,1-2H3,(H,34,35)/p-1. The van der Waals surface area contributed by atoms with Crippen molar-refractivity contribution in [3.63, 3.8) is 0 Å². The van der Waals surface area contributed by atoms with Gasteiger partial charge in [0.25, 0.3) is 5.69 Å². The number of benzene rings is 4. The highest BCUT2D eigenvalue weighted by Gasteiger charge is 2.43. The third-order valence-corrected chi connectivity index (χ3v) is 7.40. The molecule has 8 heteroatoms. The maximum Gasteiger partial charge on any atom is 0.269 e. The number of non-ortho nitro benzene ring substituents is 1.